The fourth-order valence-electron chi connectivity index (χ4n) is 4.14. The number of amides is 1. The zero-order valence-corrected chi connectivity index (χ0v) is 22.9. The smallest absolute Gasteiger partial charge is 0.305 e. The Labute approximate surface area is 210 Å². The number of methoxy groups -OCH3 is 1. The molecule has 0 saturated carbocycles. The molecule has 1 fully saturated rings. The van der Waals surface area contributed by atoms with Crippen LogP contribution in [0.5, 0.6) is 5.75 Å². The first-order valence-corrected chi connectivity index (χ1v) is 13.4. The molecule has 6 heteroatoms. The molecule has 1 amide bonds. The molecule has 1 aliphatic heterocycles. The number of esters is 1. The Kier molecular flexibility index (Phi) is 10.1. The second-order valence-corrected chi connectivity index (χ2v) is 12.3. The molecule has 0 aromatic heterocycles. The van der Waals surface area contributed by atoms with Crippen LogP contribution in [0.25, 0.3) is 6.08 Å². The van der Waals surface area contributed by atoms with Crippen LogP contribution in [-0.2, 0) is 25.2 Å². The van der Waals surface area contributed by atoms with Crippen LogP contribution >= 0.6 is 11.8 Å². The highest BCUT2D eigenvalue weighted by atomic mass is 32.2. The van der Waals surface area contributed by atoms with Crippen LogP contribution in [0.1, 0.15) is 96.8 Å². The number of rotatable bonds is 9. The van der Waals surface area contributed by atoms with Crippen molar-refractivity contribution in [3.8, 4) is 5.75 Å². The Morgan fingerprint density at radius 1 is 1.03 bits per heavy atom. The summed E-state index contributed by atoms with van der Waals surface area (Å²) >= 11 is 1.62. The van der Waals surface area contributed by atoms with Crippen LogP contribution in [-0.4, -0.2) is 47.8 Å². The van der Waals surface area contributed by atoms with Crippen LogP contribution in [0.2, 0.25) is 0 Å². The number of hydrogen-bond donors (Lipinski definition) is 1. The Hall–Kier alpha value is -1.95. The Morgan fingerprint density at radius 2 is 1.59 bits per heavy atom. The maximum Gasteiger partial charge on any atom is 0.305 e. The van der Waals surface area contributed by atoms with E-state index in [0.29, 0.717) is 12.2 Å². The topological polar surface area (TPSA) is 66.8 Å². The van der Waals surface area contributed by atoms with Gasteiger partial charge >= 0.3 is 5.97 Å². The van der Waals surface area contributed by atoms with Gasteiger partial charge in [0.25, 0.3) is 5.91 Å². The molecule has 0 spiro atoms. The van der Waals surface area contributed by atoms with Gasteiger partial charge in [0.05, 0.1) is 12.0 Å². The molecule has 0 aliphatic carbocycles. The molecule has 0 bridgehead atoms. The van der Waals surface area contributed by atoms with Crippen LogP contribution in [0, 0.1) is 0 Å². The lowest BCUT2D eigenvalue weighted by Crippen LogP contribution is -2.37. The summed E-state index contributed by atoms with van der Waals surface area (Å²) in [7, 11) is 1.42. The van der Waals surface area contributed by atoms with Crippen molar-refractivity contribution in [3.63, 3.8) is 0 Å². The number of benzene rings is 1. The van der Waals surface area contributed by atoms with E-state index in [2.05, 4.69) is 46.3 Å². The molecule has 1 N–H and O–H groups in total. The minimum Gasteiger partial charge on any atom is -0.507 e. The van der Waals surface area contributed by atoms with Gasteiger partial charge in [-0.1, -0.05) is 60.8 Å². The fraction of sp³-hybridized carbons (Fsp3) is 0.643. The van der Waals surface area contributed by atoms with Gasteiger partial charge in [-0.3, -0.25) is 9.59 Å². The van der Waals surface area contributed by atoms with Crippen molar-refractivity contribution >= 4 is 29.7 Å². The van der Waals surface area contributed by atoms with E-state index in [1.54, 1.807) is 11.8 Å². The molecule has 1 saturated heterocycles. The number of hydrogen-bond acceptors (Lipinski definition) is 5. The van der Waals surface area contributed by atoms with E-state index >= 15 is 0 Å². The second kappa shape index (κ2) is 12.1. The number of nitrogens with zero attached hydrogens (tertiary/aromatic N) is 1. The fourth-order valence-corrected chi connectivity index (χ4v) is 5.14. The normalized spacial score (nSPS) is 16.3. The number of aromatic hydroxyl groups is 1. The van der Waals surface area contributed by atoms with E-state index in [1.165, 1.54) is 7.11 Å². The molecular weight excluding hydrogens is 446 g/mol. The van der Waals surface area contributed by atoms with Gasteiger partial charge in [-0.15, -0.1) is 11.8 Å². The minimum absolute atomic E-state index is 0.102. The van der Waals surface area contributed by atoms with Crippen LogP contribution in [0.3, 0.4) is 0 Å². The molecule has 2 rings (SSSR count). The van der Waals surface area contributed by atoms with E-state index in [1.807, 2.05) is 23.1 Å². The number of ether oxygens (including phenoxy) is 1. The predicted molar refractivity (Wildman–Crippen MR) is 142 cm³/mol. The van der Waals surface area contributed by atoms with Crippen molar-refractivity contribution in [2.45, 2.75) is 90.9 Å². The van der Waals surface area contributed by atoms with Gasteiger partial charge < -0.3 is 14.7 Å². The van der Waals surface area contributed by atoms with E-state index < -0.39 is 0 Å². The number of carbonyl (C=O) groups excluding carboxylic acids is 2. The molecule has 34 heavy (non-hydrogen) atoms. The molecule has 5 nitrogen and oxygen atoms in total. The van der Waals surface area contributed by atoms with Gasteiger partial charge in [0, 0.05) is 36.4 Å². The molecule has 1 aromatic rings. The lowest BCUT2D eigenvalue weighted by Gasteiger charge is -2.29. The molecule has 0 unspecified atom stereocenters. The van der Waals surface area contributed by atoms with Crippen molar-refractivity contribution in [2.24, 2.45) is 0 Å². The van der Waals surface area contributed by atoms with Crippen LogP contribution < -0.4 is 0 Å². The number of carbonyl (C=O) groups is 2. The van der Waals surface area contributed by atoms with Crippen molar-refractivity contribution in [1.29, 1.82) is 0 Å². The van der Waals surface area contributed by atoms with Crippen LogP contribution in [0.4, 0.5) is 0 Å². The number of unbranched alkanes of at least 4 members (excludes halogenated alkanes) is 4. The Morgan fingerprint density at radius 3 is 2.15 bits per heavy atom. The third-order valence-corrected chi connectivity index (χ3v) is 7.19. The highest BCUT2D eigenvalue weighted by Gasteiger charge is 2.28. The standard InChI is InChI=1S/C28H43NO4S/c1-27(2,3)21-17-20(18-22(25(21)31)28(4,5)6)19-23-26(32)29(15-16-34-23)14-12-10-8-9-11-13-24(30)33-7/h17-19,31H,8-16H2,1-7H3/b23-19+. The van der Waals surface area contributed by atoms with Crippen molar-refractivity contribution < 1.29 is 19.4 Å². The molecule has 0 radical (unpaired) electrons. The summed E-state index contributed by atoms with van der Waals surface area (Å²) in [5.41, 5.74) is 2.38. The second-order valence-electron chi connectivity index (χ2n) is 11.2. The average Bonchev–Trinajstić information content (AvgIpc) is 2.74. The molecular formula is C28H43NO4S. The molecule has 0 atom stereocenters. The van der Waals surface area contributed by atoms with Gasteiger partial charge in [0.1, 0.15) is 5.75 Å². The summed E-state index contributed by atoms with van der Waals surface area (Å²) in [5, 5.41) is 11.0. The molecule has 190 valence electrons. The van der Waals surface area contributed by atoms with E-state index in [9.17, 15) is 14.7 Å². The average molecular weight is 490 g/mol. The van der Waals surface area contributed by atoms with Crippen LogP contribution in [0.15, 0.2) is 17.0 Å². The lowest BCUT2D eigenvalue weighted by molar-refractivity contribution is -0.140. The highest BCUT2D eigenvalue weighted by Crippen LogP contribution is 2.40. The number of thioether (sulfide) groups is 1. The first-order chi connectivity index (χ1) is 15.8. The SMILES string of the molecule is COC(=O)CCCCCCCN1CCS/C(=C/c2cc(C(C)(C)C)c(O)c(C(C)(C)C)c2)C1=O. The summed E-state index contributed by atoms with van der Waals surface area (Å²) in [6.07, 6.45) is 7.45. The zero-order valence-electron chi connectivity index (χ0n) is 22.1. The summed E-state index contributed by atoms with van der Waals surface area (Å²) in [5.74, 6) is 1.21. The van der Waals surface area contributed by atoms with E-state index in [0.717, 1.165) is 72.5 Å². The quantitative estimate of drug-likeness (QED) is 0.246. The van der Waals surface area contributed by atoms with Gasteiger partial charge in [0.2, 0.25) is 0 Å². The maximum absolute atomic E-state index is 13.2. The summed E-state index contributed by atoms with van der Waals surface area (Å²) < 4.78 is 4.67. The number of phenols is 1. The van der Waals surface area contributed by atoms with Crippen molar-refractivity contribution in [1.82, 2.24) is 4.90 Å². The Bertz CT molecular complexity index is 858. The zero-order chi connectivity index (χ0) is 25.5. The first-order valence-electron chi connectivity index (χ1n) is 12.4. The molecule has 1 heterocycles. The molecule has 1 aliphatic rings. The van der Waals surface area contributed by atoms with E-state index in [4.69, 9.17) is 0 Å². The van der Waals surface area contributed by atoms with E-state index in [-0.39, 0.29) is 22.7 Å². The third kappa shape index (κ3) is 8.07. The lowest BCUT2D eigenvalue weighted by atomic mass is 9.78. The van der Waals surface area contributed by atoms with Gasteiger partial charge in [-0.2, -0.15) is 0 Å². The summed E-state index contributed by atoms with van der Waals surface area (Å²) in [6, 6.07) is 4.05. The minimum atomic E-state index is -0.203. The van der Waals surface area contributed by atoms with Gasteiger partial charge in [-0.25, -0.2) is 0 Å². The molecule has 1 aromatic carbocycles. The maximum atomic E-state index is 13.2. The third-order valence-electron chi connectivity index (χ3n) is 6.20. The largest absolute Gasteiger partial charge is 0.507 e. The monoisotopic (exact) mass is 489 g/mol. The predicted octanol–water partition coefficient (Wildman–Crippen LogP) is 6.42. The summed E-state index contributed by atoms with van der Waals surface area (Å²) in [4.78, 5) is 27.1. The number of phenolic OH excluding ortho intramolecular Hbond substituents is 1. The van der Waals surface area contributed by atoms with Crippen molar-refractivity contribution in [3.05, 3.63) is 33.7 Å². The van der Waals surface area contributed by atoms with Gasteiger partial charge in [0.15, 0.2) is 0 Å². The Balaban J connectivity index is 2.07. The van der Waals surface area contributed by atoms with Gasteiger partial charge in [-0.05, 0) is 47.4 Å². The first kappa shape index (κ1) is 28.3. The van der Waals surface area contributed by atoms with Crippen molar-refractivity contribution in [2.75, 3.05) is 26.0 Å². The highest BCUT2D eigenvalue weighted by molar-refractivity contribution is 8.04. The summed E-state index contributed by atoms with van der Waals surface area (Å²) in [6.45, 7) is 14.1.